The maximum Gasteiger partial charge on any atom is 0.224 e. The highest BCUT2D eigenvalue weighted by Gasteiger charge is 2.15. The number of rotatable bonds is 4. The Morgan fingerprint density at radius 3 is 2.70 bits per heavy atom. The van der Waals surface area contributed by atoms with Crippen LogP contribution in [0.3, 0.4) is 0 Å². The first kappa shape index (κ1) is 14.6. The van der Waals surface area contributed by atoms with Crippen molar-refractivity contribution in [3.8, 4) is 5.75 Å². The predicted molar refractivity (Wildman–Crippen MR) is 79.6 cm³/mol. The van der Waals surface area contributed by atoms with Crippen molar-refractivity contribution >= 4 is 5.91 Å². The zero-order chi connectivity index (χ0) is 14.5. The summed E-state index contributed by atoms with van der Waals surface area (Å²) in [6.07, 6.45) is 3.56. The van der Waals surface area contributed by atoms with Gasteiger partial charge in [0.25, 0.3) is 0 Å². The molecule has 0 saturated heterocycles. The molecule has 108 valence electrons. The minimum atomic E-state index is 0.0167. The van der Waals surface area contributed by atoms with E-state index in [9.17, 15) is 9.90 Å². The van der Waals surface area contributed by atoms with Gasteiger partial charge in [-0.05, 0) is 43.7 Å². The molecule has 0 spiro atoms. The summed E-state index contributed by atoms with van der Waals surface area (Å²) in [5.41, 5.74) is 2.21. The normalized spacial score (nSPS) is 17.4. The Bertz CT molecular complexity index is 494. The van der Waals surface area contributed by atoms with Gasteiger partial charge in [-0.25, -0.2) is 0 Å². The molecule has 0 fully saturated rings. The van der Waals surface area contributed by atoms with Crippen LogP contribution < -0.4 is 5.32 Å². The summed E-state index contributed by atoms with van der Waals surface area (Å²) >= 11 is 0. The number of hydrogen-bond acceptors (Lipinski definition) is 3. The van der Waals surface area contributed by atoms with Crippen LogP contribution in [-0.4, -0.2) is 42.1 Å². The van der Waals surface area contributed by atoms with Gasteiger partial charge in [-0.1, -0.05) is 18.2 Å². The Balaban J connectivity index is 1.86. The van der Waals surface area contributed by atoms with Crippen LogP contribution in [0.1, 0.15) is 18.9 Å². The molecule has 0 radical (unpaired) electrons. The summed E-state index contributed by atoms with van der Waals surface area (Å²) < 4.78 is 0. The molecule has 2 rings (SSSR count). The van der Waals surface area contributed by atoms with Gasteiger partial charge in [-0.3, -0.25) is 4.79 Å². The lowest BCUT2D eigenvalue weighted by Crippen LogP contribution is -2.37. The zero-order valence-electron chi connectivity index (χ0n) is 12.1. The molecule has 0 aliphatic carbocycles. The lowest BCUT2D eigenvalue weighted by molar-refractivity contribution is -0.120. The zero-order valence-corrected chi connectivity index (χ0v) is 12.1. The third kappa shape index (κ3) is 4.10. The van der Waals surface area contributed by atoms with Gasteiger partial charge in [0.05, 0.1) is 6.42 Å². The molecular weight excluding hydrogens is 252 g/mol. The minimum Gasteiger partial charge on any atom is -0.508 e. The maximum atomic E-state index is 12.0. The molecule has 1 aliphatic rings. The number of likely N-dealkylation sites (N-methyl/N-ethyl adjacent to an activating group) is 1. The second kappa shape index (κ2) is 6.57. The maximum absolute atomic E-state index is 12.0. The molecule has 0 saturated carbocycles. The van der Waals surface area contributed by atoms with Crippen molar-refractivity contribution in [1.29, 1.82) is 0 Å². The first-order valence-electron chi connectivity index (χ1n) is 6.99. The molecule has 0 bridgehead atoms. The number of phenols is 1. The molecule has 4 nitrogen and oxygen atoms in total. The number of benzene rings is 1. The number of nitrogens with zero attached hydrogens (tertiary/aromatic N) is 1. The van der Waals surface area contributed by atoms with E-state index >= 15 is 0 Å². The predicted octanol–water partition coefficient (Wildman–Crippen LogP) is 1.70. The van der Waals surface area contributed by atoms with Crippen molar-refractivity contribution in [2.75, 3.05) is 20.1 Å². The van der Waals surface area contributed by atoms with E-state index in [-0.39, 0.29) is 17.7 Å². The summed E-state index contributed by atoms with van der Waals surface area (Å²) in [6.45, 7) is 4.03. The van der Waals surface area contributed by atoms with Crippen molar-refractivity contribution in [2.45, 2.75) is 25.8 Å². The Kier molecular flexibility index (Phi) is 4.79. The van der Waals surface area contributed by atoms with Gasteiger partial charge in [-0.2, -0.15) is 0 Å². The quantitative estimate of drug-likeness (QED) is 0.822. The number of phenolic OH excluding ortho intramolecular Hbond substituents is 1. The number of aromatic hydroxyl groups is 1. The van der Waals surface area contributed by atoms with Gasteiger partial charge in [0.1, 0.15) is 5.75 Å². The first-order chi connectivity index (χ1) is 9.54. The number of carbonyl (C=O) groups excluding carboxylic acids is 1. The Morgan fingerprint density at radius 2 is 2.10 bits per heavy atom. The molecule has 20 heavy (non-hydrogen) atoms. The third-order valence-corrected chi connectivity index (χ3v) is 3.68. The highest BCUT2D eigenvalue weighted by atomic mass is 16.3. The van der Waals surface area contributed by atoms with E-state index in [0.29, 0.717) is 6.42 Å². The van der Waals surface area contributed by atoms with E-state index in [2.05, 4.69) is 23.3 Å². The average Bonchev–Trinajstić information content (AvgIpc) is 2.42. The van der Waals surface area contributed by atoms with Gasteiger partial charge >= 0.3 is 0 Å². The van der Waals surface area contributed by atoms with Crippen LogP contribution in [-0.2, 0) is 11.2 Å². The molecule has 1 unspecified atom stereocenters. The van der Waals surface area contributed by atoms with Crippen LogP contribution in [0.5, 0.6) is 5.75 Å². The monoisotopic (exact) mass is 274 g/mol. The first-order valence-corrected chi connectivity index (χ1v) is 6.99. The van der Waals surface area contributed by atoms with Gasteiger partial charge in [0.2, 0.25) is 5.91 Å². The minimum absolute atomic E-state index is 0.0167. The van der Waals surface area contributed by atoms with E-state index in [1.54, 1.807) is 24.3 Å². The lowest BCUT2D eigenvalue weighted by Gasteiger charge is -2.26. The molecule has 2 N–H and O–H groups in total. The highest BCUT2D eigenvalue weighted by Crippen LogP contribution is 2.14. The molecule has 1 aliphatic heterocycles. The molecule has 4 heteroatoms. The molecule has 1 aromatic rings. The van der Waals surface area contributed by atoms with Gasteiger partial charge in [-0.15, -0.1) is 0 Å². The van der Waals surface area contributed by atoms with Gasteiger partial charge in [0.15, 0.2) is 0 Å². The van der Waals surface area contributed by atoms with Gasteiger partial charge in [0, 0.05) is 19.1 Å². The fourth-order valence-electron chi connectivity index (χ4n) is 2.36. The summed E-state index contributed by atoms with van der Waals surface area (Å²) in [5.74, 6) is 0.238. The van der Waals surface area contributed by atoms with E-state index in [1.165, 1.54) is 5.57 Å². The molecule has 1 aromatic carbocycles. The number of hydrogen-bond donors (Lipinski definition) is 2. The second-order valence-electron chi connectivity index (χ2n) is 5.42. The van der Waals surface area contributed by atoms with Crippen molar-refractivity contribution in [2.24, 2.45) is 0 Å². The molecule has 1 amide bonds. The van der Waals surface area contributed by atoms with Crippen molar-refractivity contribution < 1.29 is 9.90 Å². The van der Waals surface area contributed by atoms with Gasteiger partial charge < -0.3 is 15.3 Å². The molecule has 1 atom stereocenters. The number of carbonyl (C=O) groups is 1. The third-order valence-electron chi connectivity index (χ3n) is 3.68. The highest BCUT2D eigenvalue weighted by molar-refractivity contribution is 5.79. The van der Waals surface area contributed by atoms with Crippen LogP contribution in [0.25, 0.3) is 0 Å². The van der Waals surface area contributed by atoms with Crippen LogP contribution in [0.2, 0.25) is 0 Å². The Hall–Kier alpha value is -1.81. The fourth-order valence-corrected chi connectivity index (χ4v) is 2.36. The number of amides is 1. The Morgan fingerprint density at radius 1 is 1.40 bits per heavy atom. The van der Waals surface area contributed by atoms with Crippen molar-refractivity contribution in [3.63, 3.8) is 0 Å². The van der Waals surface area contributed by atoms with Crippen LogP contribution in [0, 0.1) is 0 Å². The summed E-state index contributed by atoms with van der Waals surface area (Å²) in [4.78, 5) is 14.3. The van der Waals surface area contributed by atoms with Crippen LogP contribution >= 0.6 is 0 Å². The van der Waals surface area contributed by atoms with Crippen molar-refractivity contribution in [1.82, 2.24) is 10.2 Å². The van der Waals surface area contributed by atoms with E-state index < -0.39 is 0 Å². The Labute approximate surface area is 120 Å². The van der Waals surface area contributed by atoms with E-state index in [4.69, 9.17) is 0 Å². The lowest BCUT2D eigenvalue weighted by atomic mass is 10.0. The molecule has 1 heterocycles. The summed E-state index contributed by atoms with van der Waals surface area (Å²) in [6, 6.07) is 6.84. The van der Waals surface area contributed by atoms with E-state index in [1.807, 2.05) is 6.92 Å². The standard InChI is InChI=1S/C16H22N2O2/c1-12(14-7-9-18(2)10-8-14)17-16(20)11-13-3-5-15(19)6-4-13/h3-7,12,19H,8-11H2,1-2H3,(H,17,20). The smallest absolute Gasteiger partial charge is 0.224 e. The summed E-state index contributed by atoms with van der Waals surface area (Å²) in [5, 5.41) is 12.3. The van der Waals surface area contributed by atoms with Crippen molar-refractivity contribution in [3.05, 3.63) is 41.5 Å². The fraction of sp³-hybridized carbons (Fsp3) is 0.438. The largest absolute Gasteiger partial charge is 0.508 e. The van der Waals surface area contributed by atoms with Crippen LogP contribution in [0.15, 0.2) is 35.9 Å². The van der Waals surface area contributed by atoms with Crippen LogP contribution in [0.4, 0.5) is 0 Å². The number of nitrogens with one attached hydrogen (secondary N) is 1. The second-order valence-corrected chi connectivity index (χ2v) is 5.42. The topological polar surface area (TPSA) is 52.6 Å². The molecular formula is C16H22N2O2. The molecule has 0 aromatic heterocycles. The van der Waals surface area contributed by atoms with E-state index in [0.717, 1.165) is 25.1 Å². The summed E-state index contributed by atoms with van der Waals surface area (Å²) in [7, 11) is 2.10. The SMILES string of the molecule is CC(NC(=O)Cc1ccc(O)cc1)C1=CCN(C)CC1. The average molecular weight is 274 g/mol.